The van der Waals surface area contributed by atoms with Crippen molar-refractivity contribution in [3.63, 3.8) is 0 Å². The number of hydrogen-bond acceptors (Lipinski definition) is 3. The van der Waals surface area contributed by atoms with Crippen LogP contribution in [0.15, 0.2) is 18.2 Å². The zero-order chi connectivity index (χ0) is 14.1. The van der Waals surface area contributed by atoms with Crippen LogP contribution in [-0.4, -0.2) is 18.1 Å². The third kappa shape index (κ3) is 2.20. The molecule has 0 unspecified atom stereocenters. The van der Waals surface area contributed by atoms with Crippen LogP contribution in [-0.2, 0) is 0 Å². The van der Waals surface area contributed by atoms with Crippen LogP contribution in [0.2, 0.25) is 0 Å². The minimum absolute atomic E-state index is 0.273. The Labute approximate surface area is 117 Å². The summed E-state index contributed by atoms with van der Waals surface area (Å²) in [6, 6.07) is 7.17. The van der Waals surface area contributed by atoms with Crippen molar-refractivity contribution >= 4 is 16.7 Å². The van der Waals surface area contributed by atoms with Gasteiger partial charge < -0.3 is 4.90 Å². The lowest BCUT2D eigenvalue weighted by Crippen LogP contribution is -2.30. The summed E-state index contributed by atoms with van der Waals surface area (Å²) in [4.78, 5) is 6.73. The van der Waals surface area contributed by atoms with Crippen molar-refractivity contribution in [2.75, 3.05) is 18.0 Å². The Bertz CT molecular complexity index is 697. The fourth-order valence-corrected chi connectivity index (χ4v) is 2.72. The number of piperidine rings is 1. The molecule has 20 heavy (non-hydrogen) atoms. The normalized spacial score (nSPS) is 15.3. The van der Waals surface area contributed by atoms with Gasteiger partial charge in [-0.1, -0.05) is 0 Å². The van der Waals surface area contributed by atoms with Gasteiger partial charge in [0.25, 0.3) is 0 Å². The first-order valence-corrected chi connectivity index (χ1v) is 6.95. The Morgan fingerprint density at radius 2 is 1.95 bits per heavy atom. The number of rotatable bonds is 1. The summed E-state index contributed by atoms with van der Waals surface area (Å²) in [6.45, 7) is 3.61. The van der Waals surface area contributed by atoms with Crippen molar-refractivity contribution < 1.29 is 4.39 Å². The van der Waals surface area contributed by atoms with Crippen molar-refractivity contribution in [3.05, 3.63) is 35.1 Å². The van der Waals surface area contributed by atoms with E-state index in [1.54, 1.807) is 13.0 Å². The Kier molecular flexibility index (Phi) is 3.27. The van der Waals surface area contributed by atoms with Gasteiger partial charge in [0.1, 0.15) is 11.6 Å². The number of benzene rings is 1. The third-order valence-electron chi connectivity index (χ3n) is 3.88. The Morgan fingerprint density at radius 3 is 2.65 bits per heavy atom. The first-order valence-electron chi connectivity index (χ1n) is 6.95. The highest BCUT2D eigenvalue weighted by atomic mass is 19.1. The maximum absolute atomic E-state index is 13.7. The number of nitriles is 1. The fourth-order valence-electron chi connectivity index (χ4n) is 2.72. The van der Waals surface area contributed by atoms with Gasteiger partial charge in [-0.2, -0.15) is 5.26 Å². The van der Waals surface area contributed by atoms with Gasteiger partial charge in [-0.25, -0.2) is 9.37 Å². The van der Waals surface area contributed by atoms with E-state index >= 15 is 0 Å². The molecule has 0 aliphatic carbocycles. The van der Waals surface area contributed by atoms with Crippen molar-refractivity contribution in [1.82, 2.24) is 4.98 Å². The second-order valence-corrected chi connectivity index (χ2v) is 5.31. The molecule has 0 amide bonds. The molecule has 2 heterocycles. The van der Waals surface area contributed by atoms with E-state index in [0.717, 1.165) is 37.1 Å². The minimum Gasteiger partial charge on any atom is -0.357 e. The SMILES string of the molecule is Cc1cc2c(C#N)cc(N3CCCCC3)nc2cc1F. The highest BCUT2D eigenvalue weighted by Crippen LogP contribution is 2.26. The Morgan fingerprint density at radius 1 is 1.20 bits per heavy atom. The molecule has 1 aliphatic heterocycles. The van der Waals surface area contributed by atoms with Crippen LogP contribution in [0.5, 0.6) is 0 Å². The van der Waals surface area contributed by atoms with Crippen LogP contribution >= 0.6 is 0 Å². The van der Waals surface area contributed by atoms with Gasteiger partial charge in [-0.15, -0.1) is 0 Å². The number of aromatic nitrogens is 1. The summed E-state index contributed by atoms with van der Waals surface area (Å²) in [5, 5.41) is 10.1. The smallest absolute Gasteiger partial charge is 0.130 e. The predicted molar refractivity (Wildman–Crippen MR) is 77.2 cm³/mol. The lowest BCUT2D eigenvalue weighted by Gasteiger charge is -2.28. The van der Waals surface area contributed by atoms with E-state index in [-0.39, 0.29) is 5.82 Å². The van der Waals surface area contributed by atoms with Gasteiger partial charge >= 0.3 is 0 Å². The second-order valence-electron chi connectivity index (χ2n) is 5.31. The zero-order valence-electron chi connectivity index (χ0n) is 11.5. The molecule has 0 radical (unpaired) electrons. The largest absolute Gasteiger partial charge is 0.357 e. The number of fused-ring (bicyclic) bond motifs is 1. The maximum Gasteiger partial charge on any atom is 0.130 e. The van der Waals surface area contributed by atoms with E-state index in [1.807, 2.05) is 6.07 Å². The monoisotopic (exact) mass is 269 g/mol. The standard InChI is InChI=1S/C16H16FN3/c1-11-7-13-12(10-18)8-16(19-15(13)9-14(11)17)20-5-3-2-4-6-20/h7-9H,2-6H2,1H3. The third-order valence-corrected chi connectivity index (χ3v) is 3.88. The topological polar surface area (TPSA) is 39.9 Å². The number of anilines is 1. The summed E-state index contributed by atoms with van der Waals surface area (Å²) in [6.07, 6.45) is 3.52. The highest BCUT2D eigenvalue weighted by molar-refractivity contribution is 5.87. The molecule has 2 aromatic rings. The summed E-state index contributed by atoms with van der Waals surface area (Å²) in [5.74, 6) is 0.515. The van der Waals surface area contributed by atoms with Crippen LogP contribution in [0.4, 0.5) is 10.2 Å². The predicted octanol–water partition coefficient (Wildman–Crippen LogP) is 3.54. The molecule has 1 aromatic heterocycles. The highest BCUT2D eigenvalue weighted by Gasteiger charge is 2.15. The van der Waals surface area contributed by atoms with E-state index in [0.29, 0.717) is 16.6 Å². The van der Waals surface area contributed by atoms with Crippen LogP contribution in [0.1, 0.15) is 30.4 Å². The number of hydrogen-bond donors (Lipinski definition) is 0. The van der Waals surface area contributed by atoms with Crippen molar-refractivity contribution in [1.29, 1.82) is 5.26 Å². The molecule has 1 aliphatic rings. The molecule has 4 heteroatoms. The molecular weight excluding hydrogens is 253 g/mol. The first-order chi connectivity index (χ1) is 9.69. The van der Waals surface area contributed by atoms with E-state index in [9.17, 15) is 9.65 Å². The molecule has 102 valence electrons. The van der Waals surface area contributed by atoms with E-state index in [4.69, 9.17) is 0 Å². The molecular formula is C16H16FN3. The average Bonchev–Trinajstić information content (AvgIpc) is 2.48. The molecule has 0 N–H and O–H groups in total. The molecule has 1 fully saturated rings. The zero-order valence-corrected chi connectivity index (χ0v) is 11.5. The Hall–Kier alpha value is -2.15. The molecule has 3 rings (SSSR count). The van der Waals surface area contributed by atoms with Gasteiger partial charge in [0.05, 0.1) is 17.1 Å². The molecule has 0 atom stereocenters. The lowest BCUT2D eigenvalue weighted by atomic mass is 10.1. The van der Waals surface area contributed by atoms with E-state index in [1.165, 1.54) is 12.5 Å². The number of aryl methyl sites for hydroxylation is 1. The van der Waals surface area contributed by atoms with Crippen molar-refractivity contribution in [3.8, 4) is 6.07 Å². The summed E-state index contributed by atoms with van der Waals surface area (Å²) in [5.41, 5.74) is 1.67. The molecule has 1 saturated heterocycles. The summed E-state index contributed by atoms with van der Waals surface area (Å²) >= 11 is 0. The second kappa shape index (κ2) is 5.09. The van der Waals surface area contributed by atoms with Gasteiger partial charge in [-0.3, -0.25) is 0 Å². The molecule has 1 aromatic carbocycles. The van der Waals surface area contributed by atoms with Crippen molar-refractivity contribution in [2.45, 2.75) is 26.2 Å². The maximum atomic E-state index is 13.7. The lowest BCUT2D eigenvalue weighted by molar-refractivity contribution is 0.574. The molecule has 0 saturated carbocycles. The average molecular weight is 269 g/mol. The van der Waals surface area contributed by atoms with Crippen LogP contribution in [0, 0.1) is 24.1 Å². The fraction of sp³-hybridized carbons (Fsp3) is 0.375. The number of nitrogens with zero attached hydrogens (tertiary/aromatic N) is 3. The van der Waals surface area contributed by atoms with Gasteiger partial charge in [0.15, 0.2) is 0 Å². The minimum atomic E-state index is -0.273. The van der Waals surface area contributed by atoms with Gasteiger partial charge in [0, 0.05) is 24.5 Å². The quantitative estimate of drug-likeness (QED) is 0.795. The summed E-state index contributed by atoms with van der Waals surface area (Å²) < 4.78 is 13.7. The number of pyridine rings is 1. The van der Waals surface area contributed by atoms with Gasteiger partial charge in [0.2, 0.25) is 0 Å². The molecule has 3 nitrogen and oxygen atoms in total. The molecule has 0 bridgehead atoms. The van der Waals surface area contributed by atoms with E-state index in [2.05, 4.69) is 16.0 Å². The van der Waals surface area contributed by atoms with Gasteiger partial charge in [-0.05, 0) is 43.9 Å². The number of halogens is 1. The van der Waals surface area contributed by atoms with E-state index < -0.39 is 0 Å². The van der Waals surface area contributed by atoms with Crippen LogP contribution in [0.3, 0.4) is 0 Å². The van der Waals surface area contributed by atoms with Crippen LogP contribution < -0.4 is 4.90 Å². The summed E-state index contributed by atoms with van der Waals surface area (Å²) in [7, 11) is 0. The Balaban J connectivity index is 2.16. The molecule has 0 spiro atoms. The van der Waals surface area contributed by atoms with Crippen molar-refractivity contribution in [2.24, 2.45) is 0 Å². The first kappa shape index (κ1) is 12.9. The van der Waals surface area contributed by atoms with Crippen LogP contribution in [0.25, 0.3) is 10.9 Å².